The largest absolute Gasteiger partial charge is 0.454 e. The van der Waals surface area contributed by atoms with Crippen molar-refractivity contribution < 1.29 is 4.42 Å². The van der Waals surface area contributed by atoms with Gasteiger partial charge in [-0.15, -0.1) is 11.3 Å². The minimum atomic E-state index is 0.881. The highest BCUT2D eigenvalue weighted by molar-refractivity contribution is 7.25. The van der Waals surface area contributed by atoms with Gasteiger partial charge in [-0.3, -0.25) is 0 Å². The Balaban J connectivity index is 1.09. The molecule has 0 aliphatic carbocycles. The molecule has 0 N–H and O–H groups in total. The second-order valence-corrected chi connectivity index (χ2v) is 14.3. The van der Waals surface area contributed by atoms with Crippen molar-refractivity contribution in [1.82, 2.24) is 0 Å². The Hall–Kier alpha value is -6.42. The fourth-order valence-electron chi connectivity index (χ4n) is 8.08. The van der Waals surface area contributed by atoms with Gasteiger partial charge in [0.15, 0.2) is 5.58 Å². The zero-order valence-corrected chi connectivity index (χ0v) is 28.3. The molecule has 11 aromatic rings. The normalized spacial score (nSPS) is 11.9. The Morgan fingerprint density at radius 3 is 1.69 bits per heavy atom. The van der Waals surface area contributed by atoms with Crippen molar-refractivity contribution in [2.75, 3.05) is 4.90 Å². The van der Waals surface area contributed by atoms with E-state index in [-0.39, 0.29) is 0 Å². The molecule has 2 aromatic heterocycles. The van der Waals surface area contributed by atoms with E-state index < -0.39 is 0 Å². The van der Waals surface area contributed by atoms with E-state index >= 15 is 0 Å². The monoisotopic (exact) mass is 667 g/mol. The first-order chi connectivity index (χ1) is 25.3. The fraction of sp³-hybridized carbons (Fsp3) is 0. The minimum Gasteiger partial charge on any atom is -0.454 e. The molecule has 0 fully saturated rings. The molecule has 2 nitrogen and oxygen atoms in total. The van der Waals surface area contributed by atoms with Crippen LogP contribution in [0.25, 0.3) is 85.6 Å². The summed E-state index contributed by atoms with van der Waals surface area (Å²) in [5.41, 5.74) is 7.33. The van der Waals surface area contributed by atoms with Crippen molar-refractivity contribution in [3.8, 4) is 11.1 Å². The first kappa shape index (κ1) is 28.4. The number of rotatable bonds is 4. The first-order valence-electron chi connectivity index (χ1n) is 17.3. The fourth-order valence-corrected chi connectivity index (χ4v) is 9.17. The van der Waals surface area contributed by atoms with Crippen LogP contribution in [0.5, 0.6) is 0 Å². The smallest absolute Gasteiger partial charge is 0.159 e. The maximum Gasteiger partial charge on any atom is 0.159 e. The highest BCUT2D eigenvalue weighted by Crippen LogP contribution is 2.45. The molecular formula is C48H29NOS. The van der Waals surface area contributed by atoms with E-state index in [4.69, 9.17) is 4.42 Å². The molecule has 0 spiro atoms. The van der Waals surface area contributed by atoms with Gasteiger partial charge in [0.1, 0.15) is 5.58 Å². The van der Waals surface area contributed by atoms with E-state index in [0.29, 0.717) is 0 Å². The average molecular weight is 668 g/mol. The molecule has 51 heavy (non-hydrogen) atoms. The zero-order chi connectivity index (χ0) is 33.5. The van der Waals surface area contributed by atoms with Gasteiger partial charge in [-0.1, -0.05) is 121 Å². The lowest BCUT2D eigenvalue weighted by molar-refractivity contribution is 0.669. The summed E-state index contributed by atoms with van der Waals surface area (Å²) < 4.78 is 9.20. The van der Waals surface area contributed by atoms with Crippen LogP contribution in [0.4, 0.5) is 17.1 Å². The predicted octanol–water partition coefficient (Wildman–Crippen LogP) is 14.6. The third kappa shape index (κ3) is 4.35. The first-order valence-corrected chi connectivity index (χ1v) is 18.2. The number of furan rings is 1. The van der Waals surface area contributed by atoms with Crippen LogP contribution in [-0.4, -0.2) is 0 Å². The van der Waals surface area contributed by atoms with E-state index in [2.05, 4.69) is 175 Å². The number of thiophene rings is 1. The molecule has 3 heteroatoms. The second kappa shape index (κ2) is 11.0. The third-order valence-corrected chi connectivity index (χ3v) is 11.6. The van der Waals surface area contributed by atoms with E-state index in [1.54, 1.807) is 0 Å². The van der Waals surface area contributed by atoms with Gasteiger partial charge in [0.05, 0.1) is 5.69 Å². The third-order valence-electron chi connectivity index (χ3n) is 10.4. The Kier molecular flexibility index (Phi) is 6.16. The van der Waals surface area contributed by atoms with E-state index in [0.717, 1.165) is 39.0 Å². The van der Waals surface area contributed by atoms with Crippen molar-refractivity contribution in [3.63, 3.8) is 0 Å². The van der Waals surface area contributed by atoms with Crippen LogP contribution in [0.3, 0.4) is 0 Å². The number of benzene rings is 9. The number of para-hydroxylation sites is 2. The van der Waals surface area contributed by atoms with E-state index in [1.165, 1.54) is 63.6 Å². The van der Waals surface area contributed by atoms with Crippen molar-refractivity contribution >= 4 is 103 Å². The lowest BCUT2D eigenvalue weighted by atomic mass is 9.92. The Morgan fingerprint density at radius 1 is 0.353 bits per heavy atom. The molecule has 0 saturated carbocycles. The molecule has 238 valence electrons. The summed E-state index contributed by atoms with van der Waals surface area (Å²) >= 11 is 1.84. The van der Waals surface area contributed by atoms with Crippen LogP contribution in [-0.2, 0) is 0 Å². The SMILES string of the molecule is c1ccc2c(c1)oc1c(N(c3ccc(-c4ccc5c6ccccc6c6ccccc6c5c4)cc3)c3ccc4sc5ccccc5c4c3)cccc12. The lowest BCUT2D eigenvalue weighted by Crippen LogP contribution is -2.10. The molecule has 0 radical (unpaired) electrons. The highest BCUT2D eigenvalue weighted by atomic mass is 32.1. The van der Waals surface area contributed by atoms with Gasteiger partial charge >= 0.3 is 0 Å². The summed E-state index contributed by atoms with van der Waals surface area (Å²) in [6.07, 6.45) is 0. The molecule has 0 aliphatic rings. The lowest BCUT2D eigenvalue weighted by Gasteiger charge is -2.26. The van der Waals surface area contributed by atoms with E-state index in [1.807, 2.05) is 17.4 Å². The van der Waals surface area contributed by atoms with Crippen LogP contribution in [0.15, 0.2) is 180 Å². The van der Waals surface area contributed by atoms with Crippen LogP contribution in [0.1, 0.15) is 0 Å². The number of fused-ring (bicyclic) bond motifs is 12. The Morgan fingerprint density at radius 2 is 0.922 bits per heavy atom. The molecule has 0 aliphatic heterocycles. The van der Waals surface area contributed by atoms with Crippen molar-refractivity contribution in [3.05, 3.63) is 176 Å². The van der Waals surface area contributed by atoms with Gasteiger partial charge in [-0.05, 0) is 98.0 Å². The summed E-state index contributed by atoms with van der Waals surface area (Å²) in [5, 5.41) is 12.5. The highest BCUT2D eigenvalue weighted by Gasteiger charge is 2.20. The molecule has 9 aromatic carbocycles. The van der Waals surface area contributed by atoms with Gasteiger partial charge in [0.2, 0.25) is 0 Å². The van der Waals surface area contributed by atoms with Crippen LogP contribution in [0, 0.1) is 0 Å². The van der Waals surface area contributed by atoms with Gasteiger partial charge in [0.25, 0.3) is 0 Å². The van der Waals surface area contributed by atoms with Crippen molar-refractivity contribution in [2.45, 2.75) is 0 Å². The van der Waals surface area contributed by atoms with Gasteiger partial charge < -0.3 is 9.32 Å². The van der Waals surface area contributed by atoms with Crippen molar-refractivity contribution in [1.29, 1.82) is 0 Å². The summed E-state index contributed by atoms with van der Waals surface area (Å²) in [7, 11) is 0. The number of anilines is 3. The van der Waals surface area contributed by atoms with Gasteiger partial charge in [-0.25, -0.2) is 0 Å². The van der Waals surface area contributed by atoms with Crippen LogP contribution >= 0.6 is 11.3 Å². The van der Waals surface area contributed by atoms with Crippen molar-refractivity contribution in [2.24, 2.45) is 0 Å². The zero-order valence-electron chi connectivity index (χ0n) is 27.5. The molecule has 0 bridgehead atoms. The molecule has 0 amide bonds. The maximum absolute atomic E-state index is 6.61. The quantitative estimate of drug-likeness (QED) is 0.174. The summed E-state index contributed by atoms with van der Waals surface area (Å²) in [6, 6.07) is 63.8. The predicted molar refractivity (Wildman–Crippen MR) is 219 cm³/mol. The Bertz CT molecular complexity index is 3110. The van der Waals surface area contributed by atoms with Gasteiger partial charge in [0, 0.05) is 42.3 Å². The Labute approximate surface area is 298 Å². The summed E-state index contributed by atoms with van der Waals surface area (Å²) in [5.74, 6) is 0. The van der Waals surface area contributed by atoms with Crippen LogP contribution < -0.4 is 4.90 Å². The molecular weight excluding hydrogens is 639 g/mol. The number of nitrogens with zero attached hydrogens (tertiary/aromatic N) is 1. The molecule has 0 unspecified atom stereocenters. The number of hydrogen-bond acceptors (Lipinski definition) is 3. The molecule has 0 atom stereocenters. The minimum absolute atomic E-state index is 0.881. The number of hydrogen-bond donors (Lipinski definition) is 0. The molecule has 11 rings (SSSR count). The van der Waals surface area contributed by atoms with Gasteiger partial charge in [-0.2, -0.15) is 0 Å². The topological polar surface area (TPSA) is 16.4 Å². The standard InChI is InChI=1S/C48H29NOS/c1-2-12-36-34(10-1)35-11-3-4-13-37(35)42-28-31(22-26-38(36)42)30-20-23-32(24-21-30)49(33-25-27-47-43(29-33)40-15-6-8-19-46(40)51-47)44-17-9-16-41-39-14-5-7-18-45(39)50-48(41)44/h1-29H. The average Bonchev–Trinajstić information content (AvgIpc) is 3.77. The molecule has 0 saturated heterocycles. The summed E-state index contributed by atoms with van der Waals surface area (Å²) in [4.78, 5) is 2.35. The summed E-state index contributed by atoms with van der Waals surface area (Å²) in [6.45, 7) is 0. The molecule has 2 heterocycles. The second-order valence-electron chi connectivity index (χ2n) is 13.3. The maximum atomic E-state index is 6.61. The van der Waals surface area contributed by atoms with E-state index in [9.17, 15) is 0 Å². The van der Waals surface area contributed by atoms with Crippen LogP contribution in [0.2, 0.25) is 0 Å².